The maximum Gasteiger partial charge on any atom is 0.308 e. The van der Waals surface area contributed by atoms with Gasteiger partial charge in [-0.15, -0.1) is 0 Å². The van der Waals surface area contributed by atoms with Crippen LogP contribution in [0.3, 0.4) is 0 Å². The van der Waals surface area contributed by atoms with E-state index in [1.54, 1.807) is 13.8 Å². The van der Waals surface area contributed by atoms with Crippen LogP contribution in [0, 0.1) is 0 Å². The standard InChI is InChI=1S/C12H20N2O6/c1-3-19-10(16)6-5-9(15)14-8(12(13)18)7-11(17)20-4-2/h8H,3-7H2,1-2H3,(H2,13,18)(H,14,15)/t8-/m0/s1. The molecular weight excluding hydrogens is 268 g/mol. The predicted molar refractivity (Wildman–Crippen MR) is 68.2 cm³/mol. The minimum absolute atomic E-state index is 0.107. The molecule has 0 saturated heterocycles. The van der Waals surface area contributed by atoms with Gasteiger partial charge in [0.1, 0.15) is 6.04 Å². The van der Waals surface area contributed by atoms with Crippen molar-refractivity contribution in [3.05, 3.63) is 0 Å². The van der Waals surface area contributed by atoms with E-state index in [0.29, 0.717) is 0 Å². The lowest BCUT2D eigenvalue weighted by molar-refractivity contribution is -0.146. The summed E-state index contributed by atoms with van der Waals surface area (Å²) in [7, 11) is 0. The molecule has 0 fully saturated rings. The second kappa shape index (κ2) is 9.76. The minimum atomic E-state index is -1.15. The molecule has 0 spiro atoms. The zero-order chi connectivity index (χ0) is 15.5. The van der Waals surface area contributed by atoms with E-state index in [1.807, 2.05) is 0 Å². The highest BCUT2D eigenvalue weighted by molar-refractivity contribution is 5.90. The third-order valence-electron chi connectivity index (χ3n) is 2.22. The highest BCUT2D eigenvalue weighted by atomic mass is 16.5. The van der Waals surface area contributed by atoms with E-state index in [2.05, 4.69) is 14.8 Å². The lowest BCUT2D eigenvalue weighted by Gasteiger charge is -2.14. The molecule has 0 rings (SSSR count). The molecule has 0 aromatic rings. The molecule has 0 heterocycles. The minimum Gasteiger partial charge on any atom is -0.466 e. The van der Waals surface area contributed by atoms with Gasteiger partial charge in [-0.3, -0.25) is 19.2 Å². The SMILES string of the molecule is CCOC(=O)CCC(=O)N[C@@H](CC(=O)OCC)C(N)=O. The first-order valence-corrected chi connectivity index (χ1v) is 6.30. The molecule has 0 aliphatic carbocycles. The van der Waals surface area contributed by atoms with Gasteiger partial charge in [0.05, 0.1) is 26.1 Å². The van der Waals surface area contributed by atoms with E-state index in [0.717, 1.165) is 0 Å². The van der Waals surface area contributed by atoms with Crippen LogP contribution in [-0.2, 0) is 28.7 Å². The lowest BCUT2D eigenvalue weighted by atomic mass is 10.2. The summed E-state index contributed by atoms with van der Waals surface area (Å²) < 4.78 is 9.32. The Hall–Kier alpha value is -2.12. The van der Waals surface area contributed by atoms with Crippen LogP contribution < -0.4 is 11.1 Å². The van der Waals surface area contributed by atoms with Crippen LogP contribution in [0.25, 0.3) is 0 Å². The summed E-state index contributed by atoms with van der Waals surface area (Å²) in [6.07, 6.45) is -0.593. The predicted octanol–water partition coefficient (Wildman–Crippen LogP) is -0.747. The normalized spacial score (nSPS) is 11.3. The molecule has 0 saturated carbocycles. The maximum absolute atomic E-state index is 11.5. The summed E-state index contributed by atoms with van der Waals surface area (Å²) in [6, 6.07) is -1.15. The Bertz CT molecular complexity index is 369. The molecule has 2 amide bonds. The summed E-state index contributed by atoms with van der Waals surface area (Å²) >= 11 is 0. The number of ether oxygens (including phenoxy) is 2. The molecule has 0 aliphatic heterocycles. The van der Waals surface area contributed by atoms with Gasteiger partial charge in [-0.25, -0.2) is 0 Å². The van der Waals surface area contributed by atoms with Gasteiger partial charge in [0.2, 0.25) is 11.8 Å². The Balaban J connectivity index is 4.24. The Morgan fingerprint density at radius 2 is 1.55 bits per heavy atom. The number of carbonyl (C=O) groups excluding carboxylic acids is 4. The summed E-state index contributed by atoms with van der Waals surface area (Å²) in [5, 5.41) is 2.28. The molecule has 3 N–H and O–H groups in total. The van der Waals surface area contributed by atoms with Crippen molar-refractivity contribution in [3.63, 3.8) is 0 Å². The van der Waals surface area contributed by atoms with Crippen LogP contribution in [0.1, 0.15) is 33.1 Å². The number of rotatable bonds is 9. The molecule has 0 aromatic heterocycles. The summed E-state index contributed by atoms with van der Waals surface area (Å²) in [6.45, 7) is 3.67. The summed E-state index contributed by atoms with van der Waals surface area (Å²) in [4.78, 5) is 44.9. The number of hydrogen-bond donors (Lipinski definition) is 2. The van der Waals surface area contributed by atoms with E-state index in [9.17, 15) is 19.2 Å². The maximum atomic E-state index is 11.5. The second-order valence-electron chi connectivity index (χ2n) is 3.84. The van der Waals surface area contributed by atoms with Gasteiger partial charge in [0.15, 0.2) is 0 Å². The summed E-state index contributed by atoms with van der Waals surface area (Å²) in [5.41, 5.74) is 5.08. The van der Waals surface area contributed by atoms with Crippen molar-refractivity contribution in [1.82, 2.24) is 5.32 Å². The Morgan fingerprint density at radius 3 is 2.05 bits per heavy atom. The molecular formula is C12H20N2O6. The molecule has 0 aromatic carbocycles. The first-order valence-electron chi connectivity index (χ1n) is 6.30. The number of carbonyl (C=O) groups is 4. The number of nitrogens with one attached hydrogen (secondary N) is 1. The number of primary amides is 1. The van der Waals surface area contributed by atoms with Crippen molar-refractivity contribution in [1.29, 1.82) is 0 Å². The van der Waals surface area contributed by atoms with Gasteiger partial charge in [0, 0.05) is 6.42 Å². The quantitative estimate of drug-likeness (QED) is 0.538. The Morgan fingerprint density at radius 1 is 1.00 bits per heavy atom. The first-order chi connectivity index (χ1) is 9.40. The number of esters is 2. The lowest BCUT2D eigenvalue weighted by Crippen LogP contribution is -2.46. The second-order valence-corrected chi connectivity index (χ2v) is 3.84. The number of nitrogens with two attached hydrogens (primary N) is 1. The van der Waals surface area contributed by atoms with Crippen molar-refractivity contribution in [2.24, 2.45) is 5.73 Å². The van der Waals surface area contributed by atoms with Crippen LogP contribution >= 0.6 is 0 Å². The highest BCUT2D eigenvalue weighted by Gasteiger charge is 2.22. The van der Waals surface area contributed by atoms with Crippen LogP contribution in [0.4, 0.5) is 0 Å². The number of hydrogen-bond acceptors (Lipinski definition) is 6. The van der Waals surface area contributed by atoms with Gasteiger partial charge >= 0.3 is 11.9 Å². The Kier molecular flexibility index (Phi) is 8.73. The molecule has 0 bridgehead atoms. The van der Waals surface area contributed by atoms with Gasteiger partial charge in [-0.05, 0) is 13.8 Å². The van der Waals surface area contributed by atoms with Gasteiger partial charge in [0.25, 0.3) is 0 Å². The highest BCUT2D eigenvalue weighted by Crippen LogP contribution is 1.98. The van der Waals surface area contributed by atoms with Crippen LogP contribution in [0.5, 0.6) is 0 Å². The molecule has 0 radical (unpaired) electrons. The zero-order valence-corrected chi connectivity index (χ0v) is 11.6. The fraction of sp³-hybridized carbons (Fsp3) is 0.667. The first kappa shape index (κ1) is 17.9. The van der Waals surface area contributed by atoms with Crippen molar-refractivity contribution in [3.8, 4) is 0 Å². The average molecular weight is 288 g/mol. The van der Waals surface area contributed by atoms with Crippen LogP contribution in [0.2, 0.25) is 0 Å². The topological polar surface area (TPSA) is 125 Å². The summed E-state index contributed by atoms with van der Waals surface area (Å²) in [5.74, 6) is -2.56. The van der Waals surface area contributed by atoms with E-state index >= 15 is 0 Å². The number of amides is 2. The molecule has 114 valence electrons. The van der Waals surface area contributed by atoms with E-state index in [4.69, 9.17) is 5.73 Å². The fourth-order valence-corrected chi connectivity index (χ4v) is 1.32. The van der Waals surface area contributed by atoms with Crippen LogP contribution in [-0.4, -0.2) is 43.0 Å². The van der Waals surface area contributed by atoms with Crippen molar-refractivity contribution >= 4 is 23.8 Å². The molecule has 20 heavy (non-hydrogen) atoms. The fourth-order valence-electron chi connectivity index (χ4n) is 1.32. The smallest absolute Gasteiger partial charge is 0.308 e. The largest absolute Gasteiger partial charge is 0.466 e. The van der Waals surface area contributed by atoms with Gasteiger partial charge in [-0.1, -0.05) is 0 Å². The third-order valence-corrected chi connectivity index (χ3v) is 2.22. The zero-order valence-electron chi connectivity index (χ0n) is 11.6. The molecule has 8 nitrogen and oxygen atoms in total. The van der Waals surface area contributed by atoms with Gasteiger partial charge < -0.3 is 20.5 Å². The van der Waals surface area contributed by atoms with E-state index < -0.39 is 29.8 Å². The van der Waals surface area contributed by atoms with Crippen molar-refractivity contribution in [2.75, 3.05) is 13.2 Å². The molecule has 8 heteroatoms. The third kappa shape index (κ3) is 8.06. The van der Waals surface area contributed by atoms with Crippen molar-refractivity contribution in [2.45, 2.75) is 39.2 Å². The Labute approximate surface area is 117 Å². The van der Waals surface area contributed by atoms with Gasteiger partial charge in [-0.2, -0.15) is 0 Å². The molecule has 0 unspecified atom stereocenters. The van der Waals surface area contributed by atoms with E-state index in [-0.39, 0.29) is 32.5 Å². The van der Waals surface area contributed by atoms with Crippen LogP contribution in [0.15, 0.2) is 0 Å². The molecule has 1 atom stereocenters. The van der Waals surface area contributed by atoms with Crippen molar-refractivity contribution < 1.29 is 28.7 Å². The average Bonchev–Trinajstić information content (AvgIpc) is 2.36. The monoisotopic (exact) mass is 288 g/mol. The van der Waals surface area contributed by atoms with E-state index in [1.165, 1.54) is 0 Å². The molecule has 0 aliphatic rings.